The monoisotopic (exact) mass is 485 g/mol. The number of ether oxygens (including phenoxy) is 1. The van der Waals surface area contributed by atoms with Crippen molar-refractivity contribution in [3.8, 4) is 11.6 Å². The average Bonchev–Trinajstić information content (AvgIpc) is 2.83. The van der Waals surface area contributed by atoms with Gasteiger partial charge in [0.15, 0.2) is 0 Å². The maximum absolute atomic E-state index is 13.0. The molecule has 10 nitrogen and oxygen atoms in total. The molecule has 0 radical (unpaired) electrons. The van der Waals surface area contributed by atoms with E-state index < -0.39 is 10.1 Å². The molecule has 1 fully saturated rings. The number of hydrogen-bond acceptors (Lipinski definition) is 8. The van der Waals surface area contributed by atoms with Gasteiger partial charge in [0.05, 0.1) is 11.9 Å². The lowest BCUT2D eigenvalue weighted by Gasteiger charge is -2.36. The van der Waals surface area contributed by atoms with Gasteiger partial charge in [0, 0.05) is 50.0 Å². The molecular formula is C23H27N5O5S. The Morgan fingerprint density at radius 2 is 1.71 bits per heavy atom. The standard InChI is InChI=1S/C22H23N5O2.CH4O3S/c23-15-18-14-21(25-16-24-18)29-20-8-4-5-17(13-20)22(28)27-11-9-26(10-12-27)19-6-2-1-3-7-19;1-5(2,3)4/h1-8,13-14,16H,9-12,15,23H2;1H3,(H,2,3,4). The van der Waals surface area contributed by atoms with Crippen LogP contribution in [-0.4, -0.2) is 66.2 Å². The van der Waals surface area contributed by atoms with Gasteiger partial charge < -0.3 is 20.3 Å². The lowest BCUT2D eigenvalue weighted by Crippen LogP contribution is -2.48. The largest absolute Gasteiger partial charge is 0.439 e. The molecule has 1 aliphatic heterocycles. The summed E-state index contributed by atoms with van der Waals surface area (Å²) in [4.78, 5) is 25.3. The van der Waals surface area contributed by atoms with Crippen LogP contribution in [0.2, 0.25) is 0 Å². The van der Waals surface area contributed by atoms with E-state index in [1.54, 1.807) is 18.2 Å². The SMILES string of the molecule is CS(=O)(=O)O.NCc1cc(Oc2cccc(C(=O)N3CCN(c4ccccc4)CC3)c2)ncn1. The first-order valence-electron chi connectivity index (χ1n) is 10.5. The molecule has 0 saturated carbocycles. The van der Waals surface area contributed by atoms with Crippen molar-refractivity contribution >= 4 is 21.7 Å². The van der Waals surface area contributed by atoms with Crippen LogP contribution in [0.5, 0.6) is 11.6 Å². The Kier molecular flexibility index (Phi) is 8.52. The first-order valence-corrected chi connectivity index (χ1v) is 12.4. The van der Waals surface area contributed by atoms with Crippen molar-refractivity contribution in [1.29, 1.82) is 0 Å². The minimum Gasteiger partial charge on any atom is -0.439 e. The lowest BCUT2D eigenvalue weighted by molar-refractivity contribution is 0.0746. The van der Waals surface area contributed by atoms with E-state index in [-0.39, 0.29) is 5.91 Å². The number of amides is 1. The summed E-state index contributed by atoms with van der Waals surface area (Å²) in [6.45, 7) is 3.31. The van der Waals surface area contributed by atoms with Crippen LogP contribution in [0, 0.1) is 0 Å². The van der Waals surface area contributed by atoms with E-state index in [1.165, 1.54) is 12.0 Å². The molecule has 34 heavy (non-hydrogen) atoms. The molecule has 0 spiro atoms. The summed E-state index contributed by atoms with van der Waals surface area (Å²) in [5, 5.41) is 0. The number of carbonyl (C=O) groups excluding carboxylic acids is 1. The number of para-hydroxylation sites is 1. The number of benzene rings is 2. The van der Waals surface area contributed by atoms with Crippen molar-refractivity contribution in [2.24, 2.45) is 5.73 Å². The Balaban J connectivity index is 0.000000588. The molecule has 11 heteroatoms. The molecule has 180 valence electrons. The Hall–Kier alpha value is -3.54. The smallest absolute Gasteiger partial charge is 0.261 e. The molecule has 1 aromatic heterocycles. The van der Waals surface area contributed by atoms with Crippen LogP contribution in [0.4, 0.5) is 5.69 Å². The van der Waals surface area contributed by atoms with Crippen LogP contribution in [0.15, 0.2) is 67.0 Å². The molecule has 2 heterocycles. The highest BCUT2D eigenvalue weighted by molar-refractivity contribution is 7.85. The molecule has 0 aliphatic carbocycles. The van der Waals surface area contributed by atoms with Crippen LogP contribution < -0.4 is 15.4 Å². The summed E-state index contributed by atoms with van der Waals surface area (Å²) < 4.78 is 31.7. The molecule has 0 atom stereocenters. The van der Waals surface area contributed by atoms with Crippen LogP contribution in [0.25, 0.3) is 0 Å². The third-order valence-corrected chi connectivity index (χ3v) is 4.90. The Labute approximate surface area is 198 Å². The van der Waals surface area contributed by atoms with Gasteiger partial charge in [-0.15, -0.1) is 0 Å². The second kappa shape index (κ2) is 11.5. The molecule has 0 bridgehead atoms. The number of nitrogens with zero attached hydrogens (tertiary/aromatic N) is 4. The summed E-state index contributed by atoms with van der Waals surface area (Å²) in [6, 6.07) is 19.1. The predicted octanol–water partition coefficient (Wildman–Crippen LogP) is 2.19. The molecule has 2 aromatic carbocycles. The fraction of sp³-hybridized carbons (Fsp3) is 0.261. The Bertz CT molecular complexity index is 1190. The van der Waals surface area contributed by atoms with Crippen molar-refractivity contribution in [3.05, 3.63) is 78.2 Å². The molecule has 4 rings (SSSR count). The minimum absolute atomic E-state index is 0.00787. The first-order chi connectivity index (χ1) is 16.2. The highest BCUT2D eigenvalue weighted by atomic mass is 32.2. The number of piperazine rings is 1. The fourth-order valence-corrected chi connectivity index (χ4v) is 3.35. The summed E-state index contributed by atoms with van der Waals surface area (Å²) in [5.41, 5.74) is 8.09. The first kappa shape index (κ1) is 25.1. The number of rotatable bonds is 5. The van der Waals surface area contributed by atoms with Crippen LogP contribution >= 0.6 is 0 Å². The molecular weight excluding hydrogens is 458 g/mol. The van der Waals surface area contributed by atoms with E-state index in [0.29, 0.717) is 48.8 Å². The number of hydrogen-bond donors (Lipinski definition) is 2. The number of aromatic nitrogens is 2. The van der Waals surface area contributed by atoms with Crippen LogP contribution in [0.1, 0.15) is 16.1 Å². The summed E-state index contributed by atoms with van der Waals surface area (Å²) in [5.74, 6) is 0.968. The molecule has 1 saturated heterocycles. The van der Waals surface area contributed by atoms with E-state index in [2.05, 4.69) is 27.0 Å². The highest BCUT2D eigenvalue weighted by Crippen LogP contribution is 2.22. The van der Waals surface area contributed by atoms with Crippen LogP contribution in [-0.2, 0) is 16.7 Å². The van der Waals surface area contributed by atoms with Crippen molar-refractivity contribution in [1.82, 2.24) is 14.9 Å². The lowest BCUT2D eigenvalue weighted by atomic mass is 10.1. The minimum atomic E-state index is -3.67. The second-order valence-electron chi connectivity index (χ2n) is 7.53. The number of anilines is 1. The zero-order valence-corrected chi connectivity index (χ0v) is 19.6. The van der Waals surface area contributed by atoms with Crippen molar-refractivity contribution in [2.45, 2.75) is 6.54 Å². The summed E-state index contributed by atoms with van der Waals surface area (Å²) in [7, 11) is -3.67. The van der Waals surface area contributed by atoms with Gasteiger partial charge in [-0.1, -0.05) is 24.3 Å². The molecule has 1 aliphatic rings. The maximum Gasteiger partial charge on any atom is 0.261 e. The molecule has 0 unspecified atom stereocenters. The Morgan fingerprint density at radius 3 is 2.35 bits per heavy atom. The zero-order chi connectivity index (χ0) is 24.6. The normalized spacial score (nSPS) is 13.6. The fourth-order valence-electron chi connectivity index (χ4n) is 3.35. The van der Waals surface area contributed by atoms with Crippen molar-refractivity contribution in [2.75, 3.05) is 37.3 Å². The van der Waals surface area contributed by atoms with Gasteiger partial charge in [-0.2, -0.15) is 8.42 Å². The predicted molar refractivity (Wildman–Crippen MR) is 128 cm³/mol. The maximum atomic E-state index is 13.0. The van der Waals surface area contributed by atoms with Crippen LogP contribution in [0.3, 0.4) is 0 Å². The number of carbonyl (C=O) groups is 1. The third kappa shape index (κ3) is 7.80. The van der Waals surface area contributed by atoms with Crippen molar-refractivity contribution < 1.29 is 22.5 Å². The molecule has 3 N–H and O–H groups in total. The molecule has 1 amide bonds. The van der Waals surface area contributed by atoms with E-state index in [0.717, 1.165) is 13.1 Å². The second-order valence-corrected chi connectivity index (χ2v) is 9.00. The Morgan fingerprint density at radius 1 is 1.03 bits per heavy atom. The van der Waals surface area contributed by atoms with Gasteiger partial charge in [0.1, 0.15) is 12.1 Å². The zero-order valence-electron chi connectivity index (χ0n) is 18.7. The topological polar surface area (TPSA) is 139 Å². The number of nitrogens with two attached hydrogens (primary N) is 1. The van der Waals surface area contributed by atoms with Gasteiger partial charge >= 0.3 is 0 Å². The van der Waals surface area contributed by atoms with E-state index in [9.17, 15) is 13.2 Å². The quantitative estimate of drug-likeness (QED) is 0.521. The van der Waals surface area contributed by atoms with Gasteiger partial charge in [-0.05, 0) is 30.3 Å². The average molecular weight is 486 g/mol. The van der Waals surface area contributed by atoms with Crippen molar-refractivity contribution in [3.63, 3.8) is 0 Å². The van der Waals surface area contributed by atoms with Gasteiger partial charge in [0.2, 0.25) is 5.88 Å². The third-order valence-electron chi connectivity index (χ3n) is 4.90. The van der Waals surface area contributed by atoms with Gasteiger partial charge in [-0.3, -0.25) is 9.35 Å². The molecule has 3 aromatic rings. The van der Waals surface area contributed by atoms with Gasteiger partial charge in [-0.25, -0.2) is 9.97 Å². The highest BCUT2D eigenvalue weighted by Gasteiger charge is 2.22. The van der Waals surface area contributed by atoms with E-state index in [4.69, 9.17) is 15.0 Å². The van der Waals surface area contributed by atoms with E-state index >= 15 is 0 Å². The van der Waals surface area contributed by atoms with E-state index in [1.807, 2.05) is 35.2 Å². The van der Waals surface area contributed by atoms with Gasteiger partial charge in [0.25, 0.3) is 16.0 Å². The summed E-state index contributed by atoms with van der Waals surface area (Å²) >= 11 is 0. The summed E-state index contributed by atoms with van der Waals surface area (Å²) in [6.07, 6.45) is 2.13.